The lowest BCUT2D eigenvalue weighted by Gasteiger charge is -2.30. The summed E-state index contributed by atoms with van der Waals surface area (Å²) in [6, 6.07) is 4.21. The average Bonchev–Trinajstić information content (AvgIpc) is 2.72. The number of aromatic nitrogens is 1. The summed E-state index contributed by atoms with van der Waals surface area (Å²) in [4.78, 5) is 0. The Labute approximate surface area is 105 Å². The van der Waals surface area contributed by atoms with Gasteiger partial charge in [-0.1, -0.05) is 0 Å². The summed E-state index contributed by atoms with van der Waals surface area (Å²) in [6.45, 7) is 0.727. The summed E-state index contributed by atoms with van der Waals surface area (Å²) in [6.07, 6.45) is -0.285. The minimum absolute atomic E-state index is 0.221. The van der Waals surface area contributed by atoms with Crippen LogP contribution in [-0.2, 0) is 13.6 Å². The van der Waals surface area contributed by atoms with Crippen molar-refractivity contribution in [3.8, 4) is 0 Å². The zero-order valence-corrected chi connectivity index (χ0v) is 10.5. The van der Waals surface area contributed by atoms with Gasteiger partial charge < -0.3 is 9.88 Å². The van der Waals surface area contributed by atoms with E-state index < -0.39 is 12.1 Å². The molecule has 1 fully saturated rings. The molecule has 1 saturated carbocycles. The monoisotopic (exact) mass is 260 g/mol. The molecular formula is C13H19F3N2. The molecule has 0 unspecified atom stereocenters. The Morgan fingerprint density at radius 1 is 1.28 bits per heavy atom. The summed E-state index contributed by atoms with van der Waals surface area (Å²) < 4.78 is 39.5. The van der Waals surface area contributed by atoms with Crippen molar-refractivity contribution in [2.24, 2.45) is 13.0 Å². The van der Waals surface area contributed by atoms with Crippen molar-refractivity contribution in [2.75, 3.05) is 0 Å². The smallest absolute Gasteiger partial charge is 0.353 e. The van der Waals surface area contributed by atoms with Gasteiger partial charge in [-0.2, -0.15) is 13.2 Å². The predicted octanol–water partition coefficient (Wildman–Crippen LogP) is 3.24. The number of hydrogen-bond acceptors (Lipinski definition) is 1. The molecule has 0 amide bonds. The molecule has 1 aliphatic rings. The first kappa shape index (κ1) is 13.5. The Morgan fingerprint density at radius 2 is 1.94 bits per heavy atom. The van der Waals surface area contributed by atoms with Crippen molar-refractivity contribution >= 4 is 0 Å². The van der Waals surface area contributed by atoms with Crippen LogP contribution in [0.4, 0.5) is 13.2 Å². The molecule has 1 heterocycles. The highest BCUT2D eigenvalue weighted by Gasteiger charge is 2.41. The van der Waals surface area contributed by atoms with E-state index in [2.05, 4.69) is 5.32 Å². The molecule has 0 bridgehead atoms. The molecule has 18 heavy (non-hydrogen) atoms. The van der Waals surface area contributed by atoms with Gasteiger partial charge in [0.1, 0.15) is 0 Å². The Bertz CT molecular complexity index is 376. The van der Waals surface area contributed by atoms with Crippen LogP contribution in [0, 0.1) is 5.92 Å². The highest BCUT2D eigenvalue weighted by Crippen LogP contribution is 2.37. The maximum absolute atomic E-state index is 12.5. The molecule has 0 saturated heterocycles. The highest BCUT2D eigenvalue weighted by molar-refractivity contribution is 5.06. The fourth-order valence-electron chi connectivity index (χ4n) is 2.55. The van der Waals surface area contributed by atoms with E-state index in [0.717, 1.165) is 12.2 Å². The minimum Gasteiger partial charge on any atom is -0.353 e. The fourth-order valence-corrected chi connectivity index (χ4v) is 2.55. The number of nitrogens with one attached hydrogen (secondary N) is 1. The Morgan fingerprint density at radius 3 is 2.44 bits per heavy atom. The molecule has 0 aromatic carbocycles. The van der Waals surface area contributed by atoms with Gasteiger partial charge in [-0.15, -0.1) is 0 Å². The molecule has 0 aliphatic heterocycles. The third-order valence-electron chi connectivity index (χ3n) is 3.81. The van der Waals surface area contributed by atoms with Crippen LogP contribution in [0.5, 0.6) is 0 Å². The van der Waals surface area contributed by atoms with Gasteiger partial charge in [-0.3, -0.25) is 0 Å². The first-order valence-corrected chi connectivity index (χ1v) is 6.37. The van der Waals surface area contributed by atoms with Gasteiger partial charge in [0.15, 0.2) is 0 Å². The number of hydrogen-bond donors (Lipinski definition) is 1. The summed E-state index contributed by atoms with van der Waals surface area (Å²) >= 11 is 0. The quantitative estimate of drug-likeness (QED) is 0.883. The van der Waals surface area contributed by atoms with E-state index in [1.165, 1.54) is 0 Å². The maximum atomic E-state index is 12.5. The molecule has 1 aliphatic carbocycles. The predicted molar refractivity (Wildman–Crippen MR) is 64.1 cm³/mol. The summed E-state index contributed by atoms with van der Waals surface area (Å²) in [7, 11) is 1.97. The molecule has 2 rings (SSSR count). The topological polar surface area (TPSA) is 17.0 Å². The third kappa shape index (κ3) is 3.28. The van der Waals surface area contributed by atoms with Crippen LogP contribution in [0.15, 0.2) is 18.3 Å². The van der Waals surface area contributed by atoms with Gasteiger partial charge in [0.2, 0.25) is 0 Å². The molecule has 0 atom stereocenters. The minimum atomic E-state index is -4.01. The van der Waals surface area contributed by atoms with E-state index >= 15 is 0 Å². The normalized spacial score (nSPS) is 25.3. The Kier molecular flexibility index (Phi) is 4.00. The molecule has 0 radical (unpaired) electrons. The van der Waals surface area contributed by atoms with E-state index in [-0.39, 0.29) is 18.9 Å². The fraction of sp³-hybridized carbons (Fsp3) is 0.692. The number of halogens is 3. The van der Waals surface area contributed by atoms with Gasteiger partial charge >= 0.3 is 6.18 Å². The lowest BCUT2D eigenvalue weighted by molar-refractivity contribution is -0.182. The largest absolute Gasteiger partial charge is 0.391 e. The van der Waals surface area contributed by atoms with Crippen LogP contribution in [0.25, 0.3) is 0 Å². The second-order valence-corrected chi connectivity index (χ2v) is 5.08. The van der Waals surface area contributed by atoms with Crippen molar-refractivity contribution in [3.05, 3.63) is 24.0 Å². The lowest BCUT2D eigenvalue weighted by atomic mass is 9.85. The van der Waals surface area contributed by atoms with E-state index in [4.69, 9.17) is 0 Å². The molecule has 2 nitrogen and oxygen atoms in total. The van der Waals surface area contributed by atoms with Gasteiger partial charge in [0.25, 0.3) is 0 Å². The molecule has 1 aromatic rings. The number of alkyl halides is 3. The zero-order valence-electron chi connectivity index (χ0n) is 10.5. The van der Waals surface area contributed by atoms with Crippen LogP contribution in [0.2, 0.25) is 0 Å². The standard InChI is InChI=1S/C13H19F3N2/c1-18-8-2-3-12(18)9-17-11-6-4-10(5-7-11)13(14,15)16/h2-3,8,10-11,17H,4-7,9H2,1H3. The van der Waals surface area contributed by atoms with Crippen molar-refractivity contribution in [2.45, 2.75) is 44.4 Å². The Balaban J connectivity index is 1.76. The SMILES string of the molecule is Cn1cccc1CNC1CCC(C(F)(F)F)CC1. The van der Waals surface area contributed by atoms with Gasteiger partial charge in [-0.25, -0.2) is 0 Å². The third-order valence-corrected chi connectivity index (χ3v) is 3.81. The Hall–Kier alpha value is -0.970. The highest BCUT2D eigenvalue weighted by atomic mass is 19.4. The number of nitrogens with zero attached hydrogens (tertiary/aromatic N) is 1. The first-order valence-electron chi connectivity index (χ1n) is 6.37. The molecule has 5 heteroatoms. The molecule has 1 N–H and O–H groups in total. The van der Waals surface area contributed by atoms with Crippen LogP contribution in [0.1, 0.15) is 31.4 Å². The van der Waals surface area contributed by atoms with Crippen molar-refractivity contribution in [1.29, 1.82) is 0 Å². The molecule has 1 aromatic heterocycles. The molecule has 0 spiro atoms. The second-order valence-electron chi connectivity index (χ2n) is 5.08. The van der Waals surface area contributed by atoms with Gasteiger partial charge in [-0.05, 0) is 37.8 Å². The summed E-state index contributed by atoms with van der Waals surface area (Å²) in [5.41, 5.74) is 1.16. The average molecular weight is 260 g/mol. The van der Waals surface area contributed by atoms with E-state index in [1.807, 2.05) is 29.9 Å². The van der Waals surface area contributed by atoms with Crippen LogP contribution in [0.3, 0.4) is 0 Å². The summed E-state index contributed by atoms with van der Waals surface area (Å²) in [5, 5.41) is 3.35. The van der Waals surface area contributed by atoms with Crippen LogP contribution in [-0.4, -0.2) is 16.8 Å². The van der Waals surface area contributed by atoms with Gasteiger partial charge in [0, 0.05) is 31.5 Å². The van der Waals surface area contributed by atoms with E-state index in [1.54, 1.807) is 0 Å². The van der Waals surface area contributed by atoms with E-state index in [0.29, 0.717) is 12.8 Å². The lowest BCUT2D eigenvalue weighted by Crippen LogP contribution is -2.36. The van der Waals surface area contributed by atoms with Crippen molar-refractivity contribution in [3.63, 3.8) is 0 Å². The zero-order chi connectivity index (χ0) is 13.2. The summed E-state index contributed by atoms with van der Waals surface area (Å²) in [5.74, 6) is -1.09. The maximum Gasteiger partial charge on any atom is 0.391 e. The van der Waals surface area contributed by atoms with Crippen LogP contribution >= 0.6 is 0 Å². The van der Waals surface area contributed by atoms with Crippen molar-refractivity contribution < 1.29 is 13.2 Å². The molecular weight excluding hydrogens is 241 g/mol. The number of aryl methyl sites for hydroxylation is 1. The molecule has 102 valence electrons. The number of rotatable bonds is 3. The van der Waals surface area contributed by atoms with E-state index in [9.17, 15) is 13.2 Å². The first-order chi connectivity index (χ1) is 8.47. The van der Waals surface area contributed by atoms with Crippen LogP contribution < -0.4 is 5.32 Å². The van der Waals surface area contributed by atoms with Crippen molar-refractivity contribution in [1.82, 2.24) is 9.88 Å². The van der Waals surface area contributed by atoms with Gasteiger partial charge in [0.05, 0.1) is 5.92 Å². The second kappa shape index (κ2) is 5.34.